The Morgan fingerprint density at radius 2 is 2.21 bits per heavy atom. The summed E-state index contributed by atoms with van der Waals surface area (Å²) in [6.07, 6.45) is 2.64. The van der Waals surface area contributed by atoms with Gasteiger partial charge in [-0.3, -0.25) is 4.79 Å². The number of nitrogens with zero attached hydrogens (tertiary/aromatic N) is 2. The van der Waals surface area contributed by atoms with Crippen molar-refractivity contribution in [2.24, 2.45) is 5.92 Å². The molecule has 0 saturated carbocycles. The highest BCUT2D eigenvalue weighted by molar-refractivity contribution is 5.77. The zero-order valence-electron chi connectivity index (χ0n) is 12.3. The van der Waals surface area contributed by atoms with Crippen LogP contribution in [0.4, 0.5) is 0 Å². The van der Waals surface area contributed by atoms with E-state index in [2.05, 4.69) is 32.9 Å². The summed E-state index contributed by atoms with van der Waals surface area (Å²) in [7, 11) is 0. The molecule has 1 aromatic heterocycles. The first-order valence-electron chi connectivity index (χ1n) is 7.25. The molecular formula is C15H24N2O2. The van der Waals surface area contributed by atoms with Crippen molar-refractivity contribution < 1.29 is 9.32 Å². The molecule has 0 radical (unpaired) electrons. The second-order valence-corrected chi connectivity index (χ2v) is 6.15. The van der Waals surface area contributed by atoms with Crippen LogP contribution in [0, 0.1) is 5.92 Å². The normalized spacial score (nSPS) is 19.7. The Balaban J connectivity index is 2.11. The van der Waals surface area contributed by atoms with Gasteiger partial charge in [0.1, 0.15) is 0 Å². The third-order valence-electron chi connectivity index (χ3n) is 3.62. The van der Waals surface area contributed by atoms with Gasteiger partial charge in [0.05, 0.1) is 11.7 Å². The van der Waals surface area contributed by atoms with E-state index in [9.17, 15) is 4.79 Å². The summed E-state index contributed by atoms with van der Waals surface area (Å²) in [6, 6.07) is 2.10. The van der Waals surface area contributed by atoms with E-state index in [0.717, 1.165) is 30.8 Å². The first kappa shape index (κ1) is 14.1. The Labute approximate surface area is 115 Å². The molecule has 2 rings (SSSR count). The molecule has 1 aliphatic rings. The van der Waals surface area contributed by atoms with Crippen LogP contribution in [0.3, 0.4) is 0 Å². The lowest BCUT2D eigenvalue weighted by atomic mass is 10.1. The maximum Gasteiger partial charge on any atom is 0.223 e. The van der Waals surface area contributed by atoms with E-state index in [1.54, 1.807) is 0 Å². The van der Waals surface area contributed by atoms with Crippen LogP contribution in [0.25, 0.3) is 0 Å². The van der Waals surface area contributed by atoms with Crippen molar-refractivity contribution in [2.45, 2.75) is 58.9 Å². The van der Waals surface area contributed by atoms with E-state index in [-0.39, 0.29) is 11.9 Å². The summed E-state index contributed by atoms with van der Waals surface area (Å²) >= 11 is 0. The quantitative estimate of drug-likeness (QED) is 0.836. The molecule has 1 atom stereocenters. The van der Waals surface area contributed by atoms with E-state index in [1.807, 2.05) is 11.0 Å². The number of hydrogen-bond acceptors (Lipinski definition) is 3. The van der Waals surface area contributed by atoms with Crippen molar-refractivity contribution in [3.05, 3.63) is 17.5 Å². The number of aromatic nitrogens is 1. The van der Waals surface area contributed by atoms with Gasteiger partial charge in [-0.15, -0.1) is 0 Å². The monoisotopic (exact) mass is 264 g/mol. The first-order valence-corrected chi connectivity index (χ1v) is 7.25. The molecule has 1 aromatic rings. The lowest BCUT2D eigenvalue weighted by molar-refractivity contribution is -0.133. The number of carbonyl (C=O) groups excluding carboxylic acids is 1. The molecule has 19 heavy (non-hydrogen) atoms. The average Bonchev–Trinajstić information content (AvgIpc) is 2.96. The van der Waals surface area contributed by atoms with Crippen molar-refractivity contribution in [1.29, 1.82) is 0 Å². The lowest BCUT2D eigenvalue weighted by Crippen LogP contribution is -2.31. The average molecular weight is 264 g/mol. The first-order chi connectivity index (χ1) is 8.99. The van der Waals surface area contributed by atoms with Gasteiger partial charge >= 0.3 is 0 Å². The molecule has 4 nitrogen and oxygen atoms in total. The van der Waals surface area contributed by atoms with Crippen LogP contribution in [-0.4, -0.2) is 22.5 Å². The van der Waals surface area contributed by atoms with Crippen LogP contribution >= 0.6 is 0 Å². The molecule has 0 bridgehead atoms. The van der Waals surface area contributed by atoms with Crippen LogP contribution in [0.2, 0.25) is 0 Å². The number of likely N-dealkylation sites (tertiary alicyclic amines) is 1. The topological polar surface area (TPSA) is 46.3 Å². The van der Waals surface area contributed by atoms with Gasteiger partial charge < -0.3 is 9.42 Å². The second-order valence-electron chi connectivity index (χ2n) is 6.15. The van der Waals surface area contributed by atoms with E-state index < -0.39 is 0 Å². The molecule has 1 aliphatic heterocycles. The Bertz CT molecular complexity index is 437. The number of amides is 1. The Morgan fingerprint density at radius 3 is 2.79 bits per heavy atom. The fraction of sp³-hybridized carbons (Fsp3) is 0.733. The summed E-state index contributed by atoms with van der Waals surface area (Å²) in [4.78, 5) is 14.2. The number of rotatable bonds is 4. The summed E-state index contributed by atoms with van der Waals surface area (Å²) in [6.45, 7) is 9.19. The van der Waals surface area contributed by atoms with Gasteiger partial charge in [-0.05, 0) is 24.7 Å². The highest BCUT2D eigenvalue weighted by atomic mass is 16.5. The molecule has 1 saturated heterocycles. The van der Waals surface area contributed by atoms with Gasteiger partial charge in [0.25, 0.3) is 0 Å². The molecule has 0 N–H and O–H groups in total. The minimum Gasteiger partial charge on any atom is -0.359 e. The Kier molecular flexibility index (Phi) is 4.27. The zero-order chi connectivity index (χ0) is 14.0. The van der Waals surface area contributed by atoms with E-state index in [0.29, 0.717) is 18.3 Å². The Morgan fingerprint density at radius 1 is 1.47 bits per heavy atom. The van der Waals surface area contributed by atoms with Crippen LogP contribution < -0.4 is 0 Å². The molecular weight excluding hydrogens is 240 g/mol. The van der Waals surface area contributed by atoms with Crippen molar-refractivity contribution >= 4 is 5.91 Å². The van der Waals surface area contributed by atoms with Crippen molar-refractivity contribution in [3.8, 4) is 0 Å². The molecule has 1 fully saturated rings. The van der Waals surface area contributed by atoms with Gasteiger partial charge in [-0.1, -0.05) is 32.9 Å². The standard InChI is InChI=1S/C15H24N2O2/c1-10(2)8-15(18)17-7-5-6-13(17)14-9-12(11(3)4)16-19-14/h9-11,13H,5-8H2,1-4H3/t13-/m0/s1. The van der Waals surface area contributed by atoms with E-state index in [4.69, 9.17) is 4.52 Å². The van der Waals surface area contributed by atoms with Crippen molar-refractivity contribution in [2.75, 3.05) is 6.54 Å². The number of hydrogen-bond donors (Lipinski definition) is 0. The predicted molar refractivity (Wildman–Crippen MR) is 73.7 cm³/mol. The molecule has 0 aliphatic carbocycles. The molecule has 106 valence electrons. The van der Waals surface area contributed by atoms with E-state index in [1.165, 1.54) is 0 Å². The fourth-order valence-electron chi connectivity index (χ4n) is 2.56. The summed E-state index contributed by atoms with van der Waals surface area (Å²) < 4.78 is 5.45. The van der Waals surface area contributed by atoms with Crippen LogP contribution in [0.15, 0.2) is 10.6 Å². The van der Waals surface area contributed by atoms with Crippen molar-refractivity contribution in [3.63, 3.8) is 0 Å². The van der Waals surface area contributed by atoms with Crippen LogP contribution in [0.5, 0.6) is 0 Å². The molecule has 0 unspecified atom stereocenters. The molecule has 1 amide bonds. The van der Waals surface area contributed by atoms with Crippen LogP contribution in [0.1, 0.15) is 70.4 Å². The predicted octanol–water partition coefficient (Wildman–Crippen LogP) is 3.51. The third kappa shape index (κ3) is 3.17. The number of carbonyl (C=O) groups is 1. The summed E-state index contributed by atoms with van der Waals surface area (Å²) in [5.41, 5.74) is 0.971. The lowest BCUT2D eigenvalue weighted by Gasteiger charge is -2.23. The van der Waals surface area contributed by atoms with Gasteiger partial charge in [0, 0.05) is 19.0 Å². The highest BCUT2D eigenvalue weighted by Gasteiger charge is 2.32. The summed E-state index contributed by atoms with van der Waals surface area (Å²) in [5.74, 6) is 1.84. The van der Waals surface area contributed by atoms with E-state index >= 15 is 0 Å². The molecule has 2 heterocycles. The molecule has 4 heteroatoms. The molecule has 0 aromatic carbocycles. The van der Waals surface area contributed by atoms with Gasteiger partial charge in [-0.2, -0.15) is 0 Å². The zero-order valence-corrected chi connectivity index (χ0v) is 12.3. The third-order valence-corrected chi connectivity index (χ3v) is 3.62. The maximum absolute atomic E-state index is 12.2. The smallest absolute Gasteiger partial charge is 0.223 e. The minimum atomic E-state index is 0.0891. The largest absolute Gasteiger partial charge is 0.359 e. The van der Waals surface area contributed by atoms with Gasteiger partial charge in [0.15, 0.2) is 5.76 Å². The maximum atomic E-state index is 12.2. The molecule has 0 spiro atoms. The van der Waals surface area contributed by atoms with Gasteiger partial charge in [0.2, 0.25) is 5.91 Å². The van der Waals surface area contributed by atoms with Crippen LogP contribution in [-0.2, 0) is 4.79 Å². The fourth-order valence-corrected chi connectivity index (χ4v) is 2.56. The minimum absolute atomic E-state index is 0.0891. The van der Waals surface area contributed by atoms with Crippen molar-refractivity contribution in [1.82, 2.24) is 10.1 Å². The second kappa shape index (κ2) is 5.76. The highest BCUT2D eigenvalue weighted by Crippen LogP contribution is 2.34. The SMILES string of the molecule is CC(C)CC(=O)N1CCC[C@H]1c1cc(C(C)C)no1. The Hall–Kier alpha value is -1.32. The summed E-state index contributed by atoms with van der Waals surface area (Å²) in [5, 5.41) is 4.10. The van der Waals surface area contributed by atoms with Gasteiger partial charge in [-0.25, -0.2) is 0 Å².